The highest BCUT2D eigenvalue weighted by Crippen LogP contribution is 2.42. The van der Waals surface area contributed by atoms with Gasteiger partial charge in [0.1, 0.15) is 4.88 Å². The molecule has 2 aliphatic carbocycles. The lowest BCUT2D eigenvalue weighted by atomic mass is 9.81. The minimum atomic E-state index is -1.89. The van der Waals surface area contributed by atoms with Crippen LogP contribution in [-0.2, 0) is 14.0 Å². The summed E-state index contributed by atoms with van der Waals surface area (Å²) in [5, 5.41) is 9.57. The Labute approximate surface area is 253 Å². The van der Waals surface area contributed by atoms with Gasteiger partial charge in [0, 0.05) is 30.1 Å². The first-order chi connectivity index (χ1) is 19.1. The van der Waals surface area contributed by atoms with E-state index in [9.17, 15) is 14.7 Å². The Morgan fingerprint density at radius 1 is 1.05 bits per heavy atom. The molecule has 0 saturated heterocycles. The van der Waals surface area contributed by atoms with Gasteiger partial charge < -0.3 is 19.2 Å². The van der Waals surface area contributed by atoms with Gasteiger partial charge in [-0.15, -0.1) is 11.3 Å². The van der Waals surface area contributed by atoms with E-state index in [1.54, 1.807) is 0 Å². The quantitative estimate of drug-likeness (QED) is 0.187. The molecule has 2 aliphatic rings. The number of amides is 1. The molecule has 0 aliphatic heterocycles. The zero-order valence-electron chi connectivity index (χ0n) is 26.9. The molecule has 0 radical (unpaired) electrons. The van der Waals surface area contributed by atoms with Crippen LogP contribution < -0.4 is 4.90 Å². The van der Waals surface area contributed by atoms with E-state index in [-0.39, 0.29) is 41.0 Å². The molecule has 0 bridgehead atoms. The monoisotopic (exact) mass is 603 g/mol. The van der Waals surface area contributed by atoms with Crippen LogP contribution in [0.1, 0.15) is 114 Å². The van der Waals surface area contributed by atoms with Crippen molar-refractivity contribution in [3.8, 4) is 11.8 Å². The second-order valence-corrected chi connectivity index (χ2v) is 20.2. The van der Waals surface area contributed by atoms with Crippen LogP contribution in [0.25, 0.3) is 0 Å². The fourth-order valence-electron chi connectivity index (χ4n) is 5.65. The van der Waals surface area contributed by atoms with Crippen LogP contribution >= 0.6 is 11.3 Å². The Balaban J connectivity index is 1.96. The largest absolute Gasteiger partial charge is 0.465 e. The van der Waals surface area contributed by atoms with E-state index >= 15 is 0 Å². The third-order valence-electron chi connectivity index (χ3n) is 9.48. The number of hydrogen-bond donors (Lipinski definition) is 1. The molecular formula is C33H53NO5SSi. The van der Waals surface area contributed by atoms with Crippen molar-refractivity contribution >= 4 is 37.2 Å². The van der Waals surface area contributed by atoms with Crippen LogP contribution in [0.3, 0.4) is 0 Å². The van der Waals surface area contributed by atoms with E-state index in [0.717, 1.165) is 56.2 Å². The standard InChI is InChI=1S/C33H53NO5SSi/c1-23-10-12-24(13-11-23)30(36)34(25-14-16-26(17-15-25)39-41(8,9)32(2,3)4)28-22-27(40-29(28)31(37)38-7)18-19-33(5,6)20-21-35/h22-26,35H,10-17,20-21H2,1-9H3/t23-,24-,25?,26?. The van der Waals surface area contributed by atoms with E-state index < -0.39 is 14.3 Å². The van der Waals surface area contributed by atoms with Gasteiger partial charge in [-0.3, -0.25) is 4.79 Å². The summed E-state index contributed by atoms with van der Waals surface area (Å²) in [4.78, 5) is 30.5. The number of anilines is 1. The molecule has 230 valence electrons. The number of carbonyl (C=O) groups is 2. The summed E-state index contributed by atoms with van der Waals surface area (Å²) in [6.07, 6.45) is 8.16. The fourth-order valence-corrected chi connectivity index (χ4v) is 7.99. The maximum Gasteiger partial charge on any atom is 0.350 e. The van der Waals surface area contributed by atoms with Gasteiger partial charge in [0.2, 0.25) is 5.91 Å². The summed E-state index contributed by atoms with van der Waals surface area (Å²) in [5.41, 5.74) is 0.282. The Bertz CT molecular complexity index is 1110. The average molecular weight is 604 g/mol. The summed E-state index contributed by atoms with van der Waals surface area (Å²) in [6.45, 7) is 17.7. The minimum absolute atomic E-state index is 0.00533. The van der Waals surface area contributed by atoms with E-state index in [1.807, 2.05) is 24.8 Å². The van der Waals surface area contributed by atoms with Gasteiger partial charge in [0.05, 0.1) is 17.7 Å². The molecule has 0 aromatic carbocycles. The summed E-state index contributed by atoms with van der Waals surface area (Å²) in [7, 11) is -0.499. The number of esters is 1. The predicted molar refractivity (Wildman–Crippen MR) is 171 cm³/mol. The summed E-state index contributed by atoms with van der Waals surface area (Å²) >= 11 is 1.30. The second kappa shape index (κ2) is 13.8. The molecule has 1 amide bonds. The summed E-state index contributed by atoms with van der Waals surface area (Å²) in [5.74, 6) is 6.81. The molecule has 0 unspecified atom stereocenters. The van der Waals surface area contributed by atoms with Gasteiger partial charge in [0.25, 0.3) is 0 Å². The molecule has 6 nitrogen and oxygen atoms in total. The topological polar surface area (TPSA) is 76.1 Å². The zero-order valence-corrected chi connectivity index (χ0v) is 28.7. The Hall–Kier alpha value is -1.66. The van der Waals surface area contributed by atoms with Crippen molar-refractivity contribution < 1.29 is 23.9 Å². The van der Waals surface area contributed by atoms with Crippen LogP contribution in [0.15, 0.2) is 6.07 Å². The van der Waals surface area contributed by atoms with Crippen LogP contribution in [0.5, 0.6) is 0 Å². The molecule has 1 aromatic rings. The van der Waals surface area contributed by atoms with Gasteiger partial charge >= 0.3 is 5.97 Å². The van der Waals surface area contributed by atoms with Crippen molar-refractivity contribution in [2.24, 2.45) is 17.3 Å². The first kappa shape index (κ1) is 33.8. The van der Waals surface area contributed by atoms with Gasteiger partial charge in [-0.2, -0.15) is 0 Å². The van der Waals surface area contributed by atoms with Crippen LogP contribution in [0.4, 0.5) is 5.69 Å². The number of aliphatic hydroxyl groups excluding tert-OH is 1. The maximum atomic E-state index is 14.3. The number of aliphatic hydroxyl groups is 1. The summed E-state index contributed by atoms with van der Waals surface area (Å²) in [6, 6.07) is 1.92. The molecule has 1 N–H and O–H groups in total. The van der Waals surface area contributed by atoms with E-state index in [0.29, 0.717) is 22.9 Å². The van der Waals surface area contributed by atoms with Crippen molar-refractivity contribution in [1.82, 2.24) is 0 Å². The van der Waals surface area contributed by atoms with Crippen molar-refractivity contribution in [3.05, 3.63) is 15.8 Å². The molecule has 2 fully saturated rings. The first-order valence-electron chi connectivity index (χ1n) is 15.5. The van der Waals surface area contributed by atoms with Crippen LogP contribution in [-0.4, -0.2) is 51.2 Å². The number of rotatable bonds is 8. The SMILES string of the molecule is COC(=O)c1sc(C#CC(C)(C)CCO)cc1N(C(=O)[C@H]1CC[C@H](C)CC1)C1CCC(O[Si](C)(C)C(C)(C)C)CC1. The van der Waals surface area contributed by atoms with E-state index in [4.69, 9.17) is 9.16 Å². The van der Waals surface area contributed by atoms with Gasteiger partial charge in [-0.1, -0.05) is 39.5 Å². The maximum absolute atomic E-state index is 14.3. The summed E-state index contributed by atoms with van der Waals surface area (Å²) < 4.78 is 12.0. The highest BCUT2D eigenvalue weighted by molar-refractivity contribution is 7.15. The highest BCUT2D eigenvalue weighted by atomic mass is 32.1. The Morgan fingerprint density at radius 2 is 1.66 bits per heavy atom. The number of methoxy groups -OCH3 is 1. The molecule has 41 heavy (non-hydrogen) atoms. The number of hydrogen-bond acceptors (Lipinski definition) is 6. The number of ether oxygens (including phenoxy) is 1. The minimum Gasteiger partial charge on any atom is -0.465 e. The molecule has 0 spiro atoms. The van der Waals surface area contributed by atoms with E-state index in [2.05, 4.69) is 52.6 Å². The van der Waals surface area contributed by atoms with Crippen molar-refractivity contribution in [1.29, 1.82) is 0 Å². The molecule has 0 atom stereocenters. The van der Waals surface area contributed by atoms with Gasteiger partial charge in [0.15, 0.2) is 8.32 Å². The normalized spacial score (nSPS) is 23.9. The Morgan fingerprint density at radius 3 is 2.20 bits per heavy atom. The molecule has 1 heterocycles. The lowest BCUT2D eigenvalue weighted by Crippen LogP contribution is -2.49. The van der Waals surface area contributed by atoms with Crippen molar-refractivity contribution in [2.45, 2.75) is 130 Å². The van der Waals surface area contributed by atoms with Crippen LogP contribution in [0, 0.1) is 29.1 Å². The highest BCUT2D eigenvalue weighted by Gasteiger charge is 2.42. The van der Waals surface area contributed by atoms with Gasteiger partial charge in [-0.05, 0) is 102 Å². The predicted octanol–water partition coefficient (Wildman–Crippen LogP) is 7.79. The number of thiophene rings is 1. The fraction of sp³-hybridized carbons (Fsp3) is 0.758. The smallest absolute Gasteiger partial charge is 0.350 e. The van der Waals surface area contributed by atoms with Crippen LogP contribution in [0.2, 0.25) is 18.1 Å². The first-order valence-corrected chi connectivity index (χ1v) is 19.2. The zero-order chi connectivity index (χ0) is 30.6. The molecule has 2 saturated carbocycles. The lowest BCUT2D eigenvalue weighted by Gasteiger charge is -2.43. The van der Waals surface area contributed by atoms with Gasteiger partial charge in [-0.25, -0.2) is 4.79 Å². The van der Waals surface area contributed by atoms with E-state index in [1.165, 1.54) is 18.4 Å². The molecule has 1 aromatic heterocycles. The molecule has 8 heteroatoms. The van der Waals surface area contributed by atoms with Crippen molar-refractivity contribution in [3.63, 3.8) is 0 Å². The Kier molecular flexibility index (Phi) is 11.3. The lowest BCUT2D eigenvalue weighted by molar-refractivity contribution is -0.124. The third kappa shape index (κ3) is 8.69. The van der Waals surface area contributed by atoms with Crippen molar-refractivity contribution in [2.75, 3.05) is 18.6 Å². The second-order valence-electron chi connectivity index (χ2n) is 14.4. The third-order valence-corrected chi connectivity index (χ3v) is 15.0. The number of carbonyl (C=O) groups excluding carboxylic acids is 2. The molecule has 3 rings (SSSR count). The average Bonchev–Trinajstić information content (AvgIpc) is 3.31. The number of nitrogens with zero attached hydrogens (tertiary/aromatic N) is 1. The molecular weight excluding hydrogens is 551 g/mol.